The maximum atomic E-state index is 6.16. The van der Waals surface area contributed by atoms with E-state index in [0.29, 0.717) is 23.1 Å². The molecule has 2 aromatic carbocycles. The van der Waals surface area contributed by atoms with Crippen LogP contribution in [0.25, 0.3) is 0 Å². The number of para-hydroxylation sites is 1. The van der Waals surface area contributed by atoms with Crippen molar-refractivity contribution in [1.29, 1.82) is 0 Å². The number of ether oxygens (including phenoxy) is 1. The van der Waals surface area contributed by atoms with E-state index in [1.807, 2.05) is 48.5 Å². The minimum atomic E-state index is 0.323. The Balaban J connectivity index is 1.83. The summed E-state index contributed by atoms with van der Waals surface area (Å²) < 4.78 is 6.71. The fraction of sp³-hybridized carbons (Fsp3) is 0.111. The molecule has 0 spiro atoms. The maximum Gasteiger partial charge on any atom is 0.248 e. The van der Waals surface area contributed by atoms with E-state index in [-0.39, 0.29) is 0 Å². The average molecular weight is 385 g/mol. The first-order valence-electron chi connectivity index (χ1n) is 7.56. The van der Waals surface area contributed by atoms with Gasteiger partial charge >= 0.3 is 0 Å². The minimum absolute atomic E-state index is 0.323. The van der Waals surface area contributed by atoms with Gasteiger partial charge < -0.3 is 15.8 Å². The second-order valence-corrected chi connectivity index (χ2v) is 6.00. The fourth-order valence-corrected chi connectivity index (χ4v) is 2.54. The zero-order valence-electron chi connectivity index (χ0n) is 13.2. The standard InChI is InChI=1S/C18H17BrN4O/c1-2-12-7-9-13(10-8-12)24-18-16(20)17(21-11-22-18)23-15-6-4-3-5-14(15)19/h3-11H,2,20H2,1H3,(H,21,22,23). The summed E-state index contributed by atoms with van der Waals surface area (Å²) in [6.07, 6.45) is 2.40. The van der Waals surface area contributed by atoms with Crippen LogP contribution in [0, 0.1) is 0 Å². The second-order valence-electron chi connectivity index (χ2n) is 5.15. The van der Waals surface area contributed by atoms with Gasteiger partial charge in [0, 0.05) is 4.47 Å². The monoisotopic (exact) mass is 384 g/mol. The van der Waals surface area contributed by atoms with E-state index in [4.69, 9.17) is 10.5 Å². The van der Waals surface area contributed by atoms with E-state index in [1.165, 1.54) is 11.9 Å². The fourth-order valence-electron chi connectivity index (χ4n) is 2.16. The van der Waals surface area contributed by atoms with Crippen molar-refractivity contribution >= 4 is 33.1 Å². The molecule has 3 aromatic rings. The molecule has 0 aliphatic carbocycles. The molecule has 0 bridgehead atoms. The molecule has 0 saturated heterocycles. The number of hydrogen-bond donors (Lipinski definition) is 2. The molecule has 24 heavy (non-hydrogen) atoms. The van der Waals surface area contributed by atoms with E-state index in [9.17, 15) is 0 Å². The molecule has 0 aliphatic rings. The Kier molecular flexibility index (Phi) is 4.96. The van der Waals surface area contributed by atoms with Gasteiger partial charge in [-0.25, -0.2) is 4.98 Å². The summed E-state index contributed by atoms with van der Waals surface area (Å²) in [6.45, 7) is 2.11. The van der Waals surface area contributed by atoms with Crippen molar-refractivity contribution < 1.29 is 4.74 Å². The number of nitrogens with two attached hydrogens (primary N) is 1. The molecule has 1 heterocycles. The van der Waals surface area contributed by atoms with Crippen molar-refractivity contribution in [3.63, 3.8) is 0 Å². The van der Waals surface area contributed by atoms with Gasteiger partial charge in [0.1, 0.15) is 17.8 Å². The number of benzene rings is 2. The first-order valence-corrected chi connectivity index (χ1v) is 8.35. The van der Waals surface area contributed by atoms with Gasteiger partial charge in [-0.3, -0.25) is 0 Å². The molecule has 0 saturated carbocycles. The van der Waals surface area contributed by atoms with Crippen LogP contribution in [0.15, 0.2) is 59.3 Å². The molecule has 0 radical (unpaired) electrons. The Bertz CT molecular complexity index is 837. The highest BCUT2D eigenvalue weighted by Crippen LogP contribution is 2.32. The first kappa shape index (κ1) is 16.3. The molecule has 3 rings (SSSR count). The summed E-state index contributed by atoms with van der Waals surface area (Å²) in [5, 5.41) is 3.18. The van der Waals surface area contributed by atoms with Gasteiger partial charge in [-0.15, -0.1) is 0 Å². The molecular weight excluding hydrogens is 368 g/mol. The van der Waals surface area contributed by atoms with Crippen LogP contribution in [0.1, 0.15) is 12.5 Å². The Morgan fingerprint density at radius 2 is 1.83 bits per heavy atom. The minimum Gasteiger partial charge on any atom is -0.437 e. The third-order valence-corrected chi connectivity index (χ3v) is 4.21. The van der Waals surface area contributed by atoms with Crippen LogP contribution >= 0.6 is 15.9 Å². The molecule has 3 N–H and O–H groups in total. The number of hydrogen-bond acceptors (Lipinski definition) is 5. The summed E-state index contributed by atoms with van der Waals surface area (Å²) >= 11 is 3.49. The van der Waals surface area contributed by atoms with E-state index in [2.05, 4.69) is 38.1 Å². The summed E-state index contributed by atoms with van der Waals surface area (Å²) in [5.74, 6) is 1.50. The smallest absolute Gasteiger partial charge is 0.248 e. The van der Waals surface area contributed by atoms with Gasteiger partial charge in [-0.1, -0.05) is 31.2 Å². The molecule has 6 heteroatoms. The molecule has 1 aromatic heterocycles. The Hall–Kier alpha value is -2.60. The Morgan fingerprint density at radius 3 is 2.54 bits per heavy atom. The number of nitrogens with one attached hydrogen (secondary N) is 1. The SMILES string of the molecule is CCc1ccc(Oc2ncnc(Nc3ccccc3Br)c2N)cc1. The van der Waals surface area contributed by atoms with Crippen LogP contribution in [0.2, 0.25) is 0 Å². The highest BCUT2D eigenvalue weighted by molar-refractivity contribution is 9.10. The van der Waals surface area contributed by atoms with Gasteiger partial charge in [-0.05, 0) is 52.2 Å². The van der Waals surface area contributed by atoms with Gasteiger partial charge in [0.15, 0.2) is 5.82 Å². The number of nitrogens with zero attached hydrogens (tertiary/aromatic N) is 2. The molecule has 122 valence electrons. The number of nitrogen functional groups attached to an aromatic ring is 1. The van der Waals surface area contributed by atoms with Crippen LogP contribution in [0.4, 0.5) is 17.2 Å². The zero-order chi connectivity index (χ0) is 16.9. The lowest BCUT2D eigenvalue weighted by Gasteiger charge is -2.12. The zero-order valence-corrected chi connectivity index (χ0v) is 14.7. The average Bonchev–Trinajstić information content (AvgIpc) is 2.61. The van der Waals surface area contributed by atoms with Gasteiger partial charge in [-0.2, -0.15) is 4.98 Å². The van der Waals surface area contributed by atoms with Crippen LogP contribution in [0.5, 0.6) is 11.6 Å². The Morgan fingerprint density at radius 1 is 1.08 bits per heavy atom. The molecule has 0 aliphatic heterocycles. The van der Waals surface area contributed by atoms with Gasteiger partial charge in [0.05, 0.1) is 5.69 Å². The number of aryl methyl sites for hydroxylation is 1. The van der Waals surface area contributed by atoms with E-state index < -0.39 is 0 Å². The molecule has 0 fully saturated rings. The summed E-state index contributed by atoms with van der Waals surface area (Å²) in [6, 6.07) is 15.6. The second kappa shape index (κ2) is 7.31. The molecule has 0 amide bonds. The normalized spacial score (nSPS) is 10.4. The van der Waals surface area contributed by atoms with E-state index in [0.717, 1.165) is 16.6 Å². The van der Waals surface area contributed by atoms with Crippen molar-refractivity contribution in [2.45, 2.75) is 13.3 Å². The van der Waals surface area contributed by atoms with Gasteiger partial charge in [0.25, 0.3) is 0 Å². The Labute approximate surface area is 149 Å². The highest BCUT2D eigenvalue weighted by Gasteiger charge is 2.11. The summed E-state index contributed by atoms with van der Waals surface area (Å²) in [5.41, 5.74) is 8.62. The maximum absolute atomic E-state index is 6.16. The molecule has 0 unspecified atom stereocenters. The highest BCUT2D eigenvalue weighted by atomic mass is 79.9. The molecular formula is C18H17BrN4O. The van der Waals surface area contributed by atoms with Crippen LogP contribution in [-0.4, -0.2) is 9.97 Å². The molecule has 0 atom stereocenters. The third kappa shape index (κ3) is 3.65. The van der Waals surface area contributed by atoms with Crippen LogP contribution < -0.4 is 15.8 Å². The van der Waals surface area contributed by atoms with Gasteiger partial charge in [0.2, 0.25) is 5.88 Å². The topological polar surface area (TPSA) is 73.1 Å². The predicted octanol–water partition coefficient (Wildman–Crippen LogP) is 4.92. The van der Waals surface area contributed by atoms with Crippen molar-refractivity contribution in [3.8, 4) is 11.6 Å². The number of aromatic nitrogens is 2. The predicted molar refractivity (Wildman–Crippen MR) is 99.8 cm³/mol. The number of anilines is 3. The molecule has 5 nitrogen and oxygen atoms in total. The lowest BCUT2D eigenvalue weighted by Crippen LogP contribution is -2.03. The van der Waals surface area contributed by atoms with Crippen molar-refractivity contribution in [2.24, 2.45) is 0 Å². The van der Waals surface area contributed by atoms with Crippen molar-refractivity contribution in [2.75, 3.05) is 11.1 Å². The van der Waals surface area contributed by atoms with E-state index in [1.54, 1.807) is 0 Å². The lowest BCUT2D eigenvalue weighted by atomic mass is 10.2. The number of rotatable bonds is 5. The number of halogens is 1. The third-order valence-electron chi connectivity index (χ3n) is 3.52. The lowest BCUT2D eigenvalue weighted by molar-refractivity contribution is 0.464. The van der Waals surface area contributed by atoms with Crippen molar-refractivity contribution in [3.05, 3.63) is 64.9 Å². The van der Waals surface area contributed by atoms with Crippen molar-refractivity contribution in [1.82, 2.24) is 9.97 Å². The van der Waals surface area contributed by atoms with Crippen LogP contribution in [0.3, 0.4) is 0 Å². The largest absolute Gasteiger partial charge is 0.437 e. The van der Waals surface area contributed by atoms with E-state index >= 15 is 0 Å². The van der Waals surface area contributed by atoms with Crippen LogP contribution in [-0.2, 0) is 6.42 Å². The summed E-state index contributed by atoms with van der Waals surface area (Å²) in [4.78, 5) is 8.33. The first-order chi connectivity index (χ1) is 11.7. The quantitative estimate of drug-likeness (QED) is 0.652. The summed E-state index contributed by atoms with van der Waals surface area (Å²) in [7, 11) is 0.